The number of fused-ring (bicyclic) bond motifs is 1. The summed E-state index contributed by atoms with van der Waals surface area (Å²) >= 11 is 0. The summed E-state index contributed by atoms with van der Waals surface area (Å²) in [4.78, 5) is 37.6. The monoisotopic (exact) mass is 315 g/mol. The Bertz CT molecular complexity index is 789. The summed E-state index contributed by atoms with van der Waals surface area (Å²) in [5.41, 5.74) is -0.00420. The fourth-order valence-electron chi connectivity index (χ4n) is 2.64. The lowest BCUT2D eigenvalue weighted by molar-refractivity contribution is -0.135. The molecule has 1 aliphatic heterocycles. The third-order valence-electron chi connectivity index (χ3n) is 3.87. The summed E-state index contributed by atoms with van der Waals surface area (Å²) in [5.74, 6) is -1.22. The highest BCUT2D eigenvalue weighted by molar-refractivity contribution is 5.90. The largest absolute Gasteiger partial charge is 0.450 e. The average Bonchev–Trinajstić information content (AvgIpc) is 2.60. The molecule has 0 aliphatic carbocycles. The fraction of sp³-hybridized carbons (Fsp3) is 0.353. The Kier molecular flexibility index (Phi) is 4.41. The topological polar surface area (TPSA) is 76.8 Å². The summed E-state index contributed by atoms with van der Waals surface area (Å²) in [5, 5.41) is 0.397. The lowest BCUT2D eigenvalue weighted by Gasteiger charge is -2.26. The van der Waals surface area contributed by atoms with Gasteiger partial charge in [0.15, 0.2) is 12.0 Å². The van der Waals surface area contributed by atoms with Crippen LogP contribution in [0.15, 0.2) is 39.5 Å². The Labute approximate surface area is 132 Å². The van der Waals surface area contributed by atoms with Crippen molar-refractivity contribution in [2.24, 2.45) is 0 Å². The molecule has 0 spiro atoms. The van der Waals surface area contributed by atoms with Crippen LogP contribution in [0, 0.1) is 0 Å². The maximum atomic E-state index is 12.0. The van der Waals surface area contributed by atoms with Gasteiger partial charge in [0.25, 0.3) is 5.91 Å². The summed E-state index contributed by atoms with van der Waals surface area (Å²) < 4.78 is 10.4. The highest BCUT2D eigenvalue weighted by atomic mass is 16.5. The van der Waals surface area contributed by atoms with Crippen molar-refractivity contribution in [3.63, 3.8) is 0 Å². The van der Waals surface area contributed by atoms with Crippen molar-refractivity contribution in [2.75, 3.05) is 19.7 Å². The van der Waals surface area contributed by atoms with Crippen molar-refractivity contribution in [1.82, 2.24) is 4.90 Å². The molecule has 6 heteroatoms. The van der Waals surface area contributed by atoms with Crippen molar-refractivity contribution in [3.05, 3.63) is 46.3 Å². The molecule has 1 fully saturated rings. The van der Waals surface area contributed by atoms with E-state index in [0.29, 0.717) is 24.1 Å². The van der Waals surface area contributed by atoms with Gasteiger partial charge in [-0.1, -0.05) is 12.1 Å². The number of piperidine rings is 1. The molecule has 0 saturated carbocycles. The molecule has 1 aromatic carbocycles. The van der Waals surface area contributed by atoms with E-state index in [1.165, 1.54) is 0 Å². The fourth-order valence-corrected chi connectivity index (χ4v) is 2.64. The first kappa shape index (κ1) is 15.3. The van der Waals surface area contributed by atoms with Crippen LogP contribution in [-0.4, -0.2) is 36.5 Å². The van der Waals surface area contributed by atoms with Gasteiger partial charge >= 0.3 is 5.97 Å². The van der Waals surface area contributed by atoms with E-state index in [4.69, 9.17) is 9.15 Å². The molecule has 0 bridgehead atoms. The standard InChI is InChI=1S/C17H17NO5/c19-13-10-15(23-14-7-3-2-6-12(13)14)17(21)22-11-16(20)18-8-4-1-5-9-18/h2-3,6-7,10H,1,4-5,8-9,11H2. The molecule has 1 aromatic heterocycles. The number of carbonyl (C=O) groups is 2. The van der Waals surface area contributed by atoms with E-state index in [9.17, 15) is 14.4 Å². The number of hydrogen-bond acceptors (Lipinski definition) is 5. The lowest BCUT2D eigenvalue weighted by atomic mass is 10.1. The third-order valence-corrected chi connectivity index (χ3v) is 3.87. The summed E-state index contributed by atoms with van der Waals surface area (Å²) in [6.07, 6.45) is 3.06. The average molecular weight is 315 g/mol. The quantitative estimate of drug-likeness (QED) is 0.809. The van der Waals surface area contributed by atoms with Crippen LogP contribution >= 0.6 is 0 Å². The molecule has 2 aromatic rings. The van der Waals surface area contributed by atoms with Gasteiger partial charge < -0.3 is 14.1 Å². The van der Waals surface area contributed by atoms with Crippen LogP contribution in [0.3, 0.4) is 0 Å². The van der Waals surface area contributed by atoms with Gasteiger partial charge in [-0.3, -0.25) is 9.59 Å². The number of para-hydroxylation sites is 1. The van der Waals surface area contributed by atoms with E-state index in [2.05, 4.69) is 0 Å². The van der Waals surface area contributed by atoms with E-state index < -0.39 is 5.97 Å². The van der Waals surface area contributed by atoms with Crippen molar-refractivity contribution < 1.29 is 18.7 Å². The first-order valence-corrected chi connectivity index (χ1v) is 7.63. The van der Waals surface area contributed by atoms with Crippen LogP contribution in [0.1, 0.15) is 29.8 Å². The van der Waals surface area contributed by atoms with E-state index in [0.717, 1.165) is 25.3 Å². The Hall–Kier alpha value is -2.63. The highest BCUT2D eigenvalue weighted by Gasteiger charge is 2.20. The number of rotatable bonds is 3. The number of hydrogen-bond donors (Lipinski definition) is 0. The number of amides is 1. The van der Waals surface area contributed by atoms with Crippen LogP contribution < -0.4 is 5.43 Å². The van der Waals surface area contributed by atoms with Crippen molar-refractivity contribution in [1.29, 1.82) is 0 Å². The van der Waals surface area contributed by atoms with Crippen LogP contribution in [0.2, 0.25) is 0 Å². The minimum atomic E-state index is -0.807. The normalized spacial score (nSPS) is 14.7. The maximum absolute atomic E-state index is 12.0. The molecule has 1 aliphatic rings. The van der Waals surface area contributed by atoms with Crippen LogP contribution in [0.5, 0.6) is 0 Å². The molecule has 0 atom stereocenters. The molecule has 0 N–H and O–H groups in total. The van der Waals surface area contributed by atoms with Gasteiger partial charge in [0, 0.05) is 19.2 Å². The smallest absolute Gasteiger partial charge is 0.374 e. The number of esters is 1. The lowest BCUT2D eigenvalue weighted by Crippen LogP contribution is -2.38. The first-order chi connectivity index (χ1) is 11.1. The minimum Gasteiger partial charge on any atom is -0.450 e. The zero-order chi connectivity index (χ0) is 16.2. The SMILES string of the molecule is O=C(OCC(=O)N1CCCCC1)c1cc(=O)c2ccccc2o1. The number of likely N-dealkylation sites (tertiary alicyclic amines) is 1. The molecule has 0 radical (unpaired) electrons. The zero-order valence-corrected chi connectivity index (χ0v) is 12.6. The second-order valence-corrected chi connectivity index (χ2v) is 5.49. The van der Waals surface area contributed by atoms with Gasteiger partial charge in [-0.25, -0.2) is 4.79 Å². The minimum absolute atomic E-state index is 0.194. The Morgan fingerprint density at radius 3 is 2.65 bits per heavy atom. The van der Waals surface area contributed by atoms with Crippen molar-refractivity contribution in [3.8, 4) is 0 Å². The zero-order valence-electron chi connectivity index (χ0n) is 12.6. The Morgan fingerprint density at radius 1 is 1.13 bits per heavy atom. The Morgan fingerprint density at radius 2 is 1.87 bits per heavy atom. The van der Waals surface area contributed by atoms with Crippen molar-refractivity contribution in [2.45, 2.75) is 19.3 Å². The molecule has 23 heavy (non-hydrogen) atoms. The van der Waals surface area contributed by atoms with Crippen molar-refractivity contribution >= 4 is 22.8 Å². The Balaban J connectivity index is 1.68. The number of carbonyl (C=O) groups excluding carboxylic acids is 2. The van der Waals surface area contributed by atoms with Gasteiger partial charge in [0.2, 0.25) is 5.76 Å². The van der Waals surface area contributed by atoms with Crippen LogP contribution in [0.4, 0.5) is 0 Å². The molecule has 2 heterocycles. The second kappa shape index (κ2) is 6.64. The van der Waals surface area contributed by atoms with Crippen LogP contribution in [0.25, 0.3) is 11.0 Å². The predicted octanol–water partition coefficient (Wildman–Crippen LogP) is 1.96. The number of nitrogens with zero attached hydrogens (tertiary/aromatic N) is 1. The van der Waals surface area contributed by atoms with Gasteiger partial charge in [0.1, 0.15) is 5.58 Å². The number of ether oxygens (including phenoxy) is 1. The summed E-state index contributed by atoms with van der Waals surface area (Å²) in [6, 6.07) is 7.74. The molecule has 1 saturated heterocycles. The predicted molar refractivity (Wildman–Crippen MR) is 83.2 cm³/mol. The molecular formula is C17H17NO5. The molecule has 1 amide bonds. The van der Waals surface area contributed by atoms with Gasteiger partial charge in [-0.15, -0.1) is 0 Å². The second-order valence-electron chi connectivity index (χ2n) is 5.49. The third kappa shape index (κ3) is 3.41. The molecule has 3 rings (SSSR count). The molecule has 6 nitrogen and oxygen atoms in total. The maximum Gasteiger partial charge on any atom is 0.374 e. The first-order valence-electron chi connectivity index (χ1n) is 7.63. The van der Waals surface area contributed by atoms with E-state index in [1.807, 2.05) is 0 Å². The van der Waals surface area contributed by atoms with E-state index >= 15 is 0 Å². The molecule has 120 valence electrons. The van der Waals surface area contributed by atoms with E-state index in [1.54, 1.807) is 29.2 Å². The summed E-state index contributed by atoms with van der Waals surface area (Å²) in [7, 11) is 0. The molecular weight excluding hydrogens is 298 g/mol. The highest BCUT2D eigenvalue weighted by Crippen LogP contribution is 2.13. The van der Waals surface area contributed by atoms with Crippen LogP contribution in [-0.2, 0) is 9.53 Å². The van der Waals surface area contributed by atoms with Gasteiger partial charge in [0.05, 0.1) is 5.39 Å². The molecule has 0 unspecified atom stereocenters. The van der Waals surface area contributed by atoms with Gasteiger partial charge in [-0.2, -0.15) is 0 Å². The van der Waals surface area contributed by atoms with Gasteiger partial charge in [-0.05, 0) is 31.4 Å². The number of benzene rings is 1. The summed E-state index contributed by atoms with van der Waals surface area (Å²) in [6.45, 7) is 1.05. The van der Waals surface area contributed by atoms with E-state index in [-0.39, 0.29) is 23.7 Å².